The minimum Gasteiger partial charge on any atom is -0.451 e. The monoisotopic (exact) mass is 383 g/mol. The third-order valence-corrected chi connectivity index (χ3v) is 5.44. The normalized spacial score (nSPS) is 13.0. The minimum absolute atomic E-state index is 0.0403. The molecule has 2 heterocycles. The largest absolute Gasteiger partial charge is 0.451 e. The topological polar surface area (TPSA) is 94.3 Å². The summed E-state index contributed by atoms with van der Waals surface area (Å²) in [5, 5.41) is 10.1. The van der Waals surface area contributed by atoms with E-state index in [0.29, 0.717) is 10.8 Å². The lowest BCUT2D eigenvalue weighted by Gasteiger charge is -2.08. The molecule has 0 unspecified atom stereocenters. The highest BCUT2D eigenvalue weighted by Crippen LogP contribution is 2.30. The average Bonchev–Trinajstić information content (AvgIpc) is 3.33. The smallest absolute Gasteiger partial charge is 0.348 e. The highest BCUT2D eigenvalue weighted by atomic mass is 32.1. The van der Waals surface area contributed by atoms with Crippen LogP contribution in [0.15, 0.2) is 40.8 Å². The molecule has 7 nitrogen and oxygen atoms in total. The van der Waals surface area contributed by atoms with E-state index >= 15 is 0 Å². The first-order chi connectivity index (χ1) is 13.2. The van der Waals surface area contributed by atoms with Gasteiger partial charge >= 0.3 is 12.0 Å². The van der Waals surface area contributed by atoms with Crippen LogP contribution in [0.25, 0.3) is 11.5 Å². The van der Waals surface area contributed by atoms with Crippen LogP contribution in [0.2, 0.25) is 0 Å². The number of nitrogens with one attached hydrogen (secondary N) is 1. The first kappa shape index (κ1) is 17.4. The van der Waals surface area contributed by atoms with Crippen LogP contribution >= 0.6 is 11.3 Å². The molecule has 0 spiro atoms. The number of amides is 1. The van der Waals surface area contributed by atoms with E-state index in [-0.39, 0.29) is 6.01 Å². The zero-order valence-corrected chi connectivity index (χ0v) is 15.3. The van der Waals surface area contributed by atoms with Gasteiger partial charge in [0.1, 0.15) is 4.88 Å². The standard InChI is InChI=1S/C19H17N3O4S/c23-16(20-19-22-21-17(26-19)12-6-2-1-3-7-12)11-25-18(24)15-10-13-8-4-5-9-14(13)27-15/h1-3,6-7,10H,4-5,8-9,11H2,(H,20,22,23). The fraction of sp³-hybridized carbons (Fsp3) is 0.263. The summed E-state index contributed by atoms with van der Waals surface area (Å²) >= 11 is 1.45. The molecule has 0 saturated carbocycles. The van der Waals surface area contributed by atoms with Gasteiger partial charge in [0.25, 0.3) is 5.91 Å². The highest BCUT2D eigenvalue weighted by Gasteiger charge is 2.19. The van der Waals surface area contributed by atoms with E-state index in [1.165, 1.54) is 21.8 Å². The van der Waals surface area contributed by atoms with E-state index in [2.05, 4.69) is 15.5 Å². The zero-order valence-electron chi connectivity index (χ0n) is 14.4. The molecule has 2 aromatic heterocycles. The average molecular weight is 383 g/mol. The van der Waals surface area contributed by atoms with E-state index in [1.54, 1.807) is 0 Å². The van der Waals surface area contributed by atoms with Crippen LogP contribution < -0.4 is 5.32 Å². The van der Waals surface area contributed by atoms with Crippen LogP contribution in [-0.2, 0) is 22.4 Å². The van der Waals surface area contributed by atoms with Gasteiger partial charge in [-0.05, 0) is 49.4 Å². The third-order valence-electron chi connectivity index (χ3n) is 4.22. The number of ether oxygens (including phenoxy) is 1. The Morgan fingerprint density at radius 3 is 2.78 bits per heavy atom. The fourth-order valence-corrected chi connectivity index (χ4v) is 4.07. The van der Waals surface area contributed by atoms with E-state index in [4.69, 9.17) is 9.15 Å². The number of nitrogens with zero attached hydrogens (tertiary/aromatic N) is 2. The number of aryl methyl sites for hydroxylation is 2. The van der Waals surface area contributed by atoms with E-state index in [9.17, 15) is 9.59 Å². The Bertz CT molecular complexity index is 941. The van der Waals surface area contributed by atoms with Gasteiger partial charge in [0.2, 0.25) is 5.89 Å². The maximum absolute atomic E-state index is 12.2. The summed E-state index contributed by atoms with van der Waals surface area (Å²) in [4.78, 5) is 25.9. The molecule has 27 heavy (non-hydrogen) atoms. The minimum atomic E-state index is -0.534. The number of aromatic nitrogens is 2. The molecule has 1 amide bonds. The molecule has 1 N–H and O–H groups in total. The maximum Gasteiger partial charge on any atom is 0.348 e. The fourth-order valence-electron chi connectivity index (χ4n) is 2.92. The summed E-state index contributed by atoms with van der Waals surface area (Å²) in [6, 6.07) is 11.0. The van der Waals surface area contributed by atoms with Crippen LogP contribution in [0.4, 0.5) is 6.01 Å². The lowest BCUT2D eigenvalue weighted by Crippen LogP contribution is -2.20. The lowest BCUT2D eigenvalue weighted by molar-refractivity contribution is -0.119. The second-order valence-corrected chi connectivity index (χ2v) is 7.31. The Morgan fingerprint density at radius 1 is 1.15 bits per heavy atom. The molecule has 1 aliphatic carbocycles. The number of anilines is 1. The Balaban J connectivity index is 1.31. The van der Waals surface area contributed by atoms with Gasteiger partial charge < -0.3 is 9.15 Å². The number of esters is 1. The van der Waals surface area contributed by atoms with E-state index in [0.717, 1.165) is 31.2 Å². The Hall–Kier alpha value is -3.00. The second kappa shape index (κ2) is 7.71. The molecule has 0 fully saturated rings. The zero-order chi connectivity index (χ0) is 18.6. The van der Waals surface area contributed by atoms with Crippen molar-refractivity contribution in [2.24, 2.45) is 0 Å². The summed E-state index contributed by atoms with van der Waals surface area (Å²) in [5.41, 5.74) is 1.97. The summed E-state index contributed by atoms with van der Waals surface area (Å²) in [6.45, 7) is -0.412. The molecule has 138 valence electrons. The maximum atomic E-state index is 12.2. The van der Waals surface area contributed by atoms with Crippen molar-refractivity contribution in [1.82, 2.24) is 10.2 Å². The first-order valence-corrected chi connectivity index (χ1v) is 9.48. The molecule has 0 saturated heterocycles. The second-order valence-electron chi connectivity index (χ2n) is 6.17. The molecular formula is C19H17N3O4S. The molecule has 0 radical (unpaired) electrons. The third kappa shape index (κ3) is 4.06. The van der Waals surface area contributed by atoms with Crippen molar-refractivity contribution in [3.8, 4) is 11.5 Å². The predicted octanol–water partition coefficient (Wildman–Crippen LogP) is 3.47. The highest BCUT2D eigenvalue weighted by molar-refractivity contribution is 7.14. The van der Waals surface area contributed by atoms with Crippen molar-refractivity contribution in [3.05, 3.63) is 51.7 Å². The quantitative estimate of drug-likeness (QED) is 0.678. The number of carbonyl (C=O) groups is 2. The number of carbonyl (C=O) groups excluding carboxylic acids is 2. The molecule has 0 atom stereocenters. The van der Waals surface area contributed by atoms with Crippen molar-refractivity contribution < 1.29 is 18.7 Å². The van der Waals surface area contributed by atoms with Crippen molar-refractivity contribution in [2.75, 3.05) is 11.9 Å². The van der Waals surface area contributed by atoms with Gasteiger partial charge in [-0.25, -0.2) is 4.79 Å². The van der Waals surface area contributed by atoms with E-state index < -0.39 is 18.5 Å². The van der Waals surface area contributed by atoms with Gasteiger partial charge in [0.05, 0.1) is 0 Å². The lowest BCUT2D eigenvalue weighted by atomic mass is 9.99. The van der Waals surface area contributed by atoms with Crippen molar-refractivity contribution in [1.29, 1.82) is 0 Å². The Labute approximate surface area is 159 Å². The van der Waals surface area contributed by atoms with E-state index in [1.807, 2.05) is 36.4 Å². The molecule has 0 aliphatic heterocycles. The van der Waals surface area contributed by atoms with Gasteiger partial charge in [-0.2, -0.15) is 0 Å². The first-order valence-electron chi connectivity index (χ1n) is 8.66. The van der Waals surface area contributed by atoms with Crippen LogP contribution in [0.3, 0.4) is 0 Å². The Morgan fingerprint density at radius 2 is 1.96 bits per heavy atom. The van der Waals surface area contributed by atoms with Crippen LogP contribution in [0, 0.1) is 0 Å². The summed E-state index contributed by atoms with van der Waals surface area (Å²) < 4.78 is 10.5. The van der Waals surface area contributed by atoms with Crippen LogP contribution in [0.1, 0.15) is 33.0 Å². The molecule has 4 rings (SSSR count). The summed E-state index contributed by atoms with van der Waals surface area (Å²) in [6.07, 6.45) is 4.31. The molecular weight excluding hydrogens is 366 g/mol. The van der Waals surface area contributed by atoms with Crippen molar-refractivity contribution >= 4 is 29.2 Å². The Kier molecular flexibility index (Phi) is 4.97. The number of hydrogen-bond donors (Lipinski definition) is 1. The van der Waals surface area contributed by atoms with Crippen molar-refractivity contribution in [2.45, 2.75) is 25.7 Å². The number of thiophene rings is 1. The predicted molar refractivity (Wildman–Crippen MR) is 99.6 cm³/mol. The molecule has 3 aromatic rings. The van der Waals surface area contributed by atoms with Gasteiger partial charge in [-0.3, -0.25) is 10.1 Å². The molecule has 1 aromatic carbocycles. The van der Waals surface area contributed by atoms with Crippen LogP contribution in [-0.4, -0.2) is 28.7 Å². The van der Waals surface area contributed by atoms with Gasteiger partial charge in [-0.15, -0.1) is 16.4 Å². The number of rotatable bonds is 5. The SMILES string of the molecule is O=C(COC(=O)c1cc2c(s1)CCCC2)Nc1nnc(-c2ccccc2)o1. The number of fused-ring (bicyclic) bond motifs is 1. The number of benzene rings is 1. The molecule has 1 aliphatic rings. The van der Waals surface area contributed by atoms with Crippen molar-refractivity contribution in [3.63, 3.8) is 0 Å². The molecule has 0 bridgehead atoms. The van der Waals surface area contributed by atoms with Gasteiger partial charge in [0, 0.05) is 10.4 Å². The van der Waals surface area contributed by atoms with Gasteiger partial charge in [0.15, 0.2) is 6.61 Å². The van der Waals surface area contributed by atoms with Crippen LogP contribution in [0.5, 0.6) is 0 Å². The summed E-state index contributed by atoms with van der Waals surface area (Å²) in [5.74, 6) is -0.722. The number of hydrogen-bond acceptors (Lipinski definition) is 7. The molecule has 8 heteroatoms. The van der Waals surface area contributed by atoms with Gasteiger partial charge in [-0.1, -0.05) is 23.3 Å². The summed E-state index contributed by atoms with van der Waals surface area (Å²) in [7, 11) is 0.